The second-order valence-electron chi connectivity index (χ2n) is 5.06. The molecule has 0 saturated heterocycles. The van der Waals surface area contributed by atoms with Crippen molar-refractivity contribution in [3.05, 3.63) is 65.7 Å². The monoisotopic (exact) mass is 352 g/mol. The van der Waals surface area contributed by atoms with Gasteiger partial charge in [0.1, 0.15) is 18.4 Å². The Morgan fingerprint density at radius 3 is 2.29 bits per heavy atom. The minimum absolute atomic E-state index is 0.107. The first-order chi connectivity index (χ1) is 11.7. The van der Waals surface area contributed by atoms with Crippen LogP contribution in [0.25, 0.3) is 0 Å². The Morgan fingerprint density at radius 2 is 1.75 bits per heavy atom. The molecule has 0 spiro atoms. The van der Waals surface area contributed by atoms with Crippen LogP contribution < -0.4 is 9.82 Å². The van der Waals surface area contributed by atoms with Crippen molar-refractivity contribution in [2.24, 2.45) is 0 Å². The van der Waals surface area contributed by atoms with Gasteiger partial charge in [-0.05, 0) is 29.7 Å². The van der Waals surface area contributed by atoms with Gasteiger partial charge in [-0.25, -0.2) is 9.65 Å². The molecule has 2 aromatic carbocycles. The second kappa shape index (κ2) is 8.08. The van der Waals surface area contributed by atoms with Crippen molar-refractivity contribution in [1.82, 2.24) is 5.09 Å². The summed E-state index contributed by atoms with van der Waals surface area (Å²) in [6.45, 7) is -0.893. The zero-order valence-corrected chi connectivity index (χ0v) is 13.5. The van der Waals surface area contributed by atoms with Gasteiger partial charge in [0.2, 0.25) is 0 Å². The fourth-order valence-electron chi connectivity index (χ4n) is 2.00. The van der Waals surface area contributed by atoms with E-state index in [-0.39, 0.29) is 6.42 Å². The van der Waals surface area contributed by atoms with Gasteiger partial charge in [-0.1, -0.05) is 42.5 Å². The number of ether oxygens (including phenoxy) is 1. The van der Waals surface area contributed by atoms with E-state index in [1.807, 2.05) is 18.2 Å². The third-order valence-electron chi connectivity index (χ3n) is 3.12. The molecule has 0 radical (unpaired) electrons. The molecular formula is C16H18NO6P. The lowest BCUT2D eigenvalue weighted by atomic mass is 10.1. The van der Waals surface area contributed by atoms with Crippen molar-refractivity contribution >= 4 is 13.7 Å². The molecule has 0 aromatic heterocycles. The third kappa shape index (κ3) is 6.14. The Balaban J connectivity index is 2.01. The van der Waals surface area contributed by atoms with Gasteiger partial charge in [-0.2, -0.15) is 0 Å². The molecule has 0 heterocycles. The summed E-state index contributed by atoms with van der Waals surface area (Å²) in [5, 5.41) is 10.8. The van der Waals surface area contributed by atoms with Gasteiger partial charge in [0.15, 0.2) is 0 Å². The number of carboxylic acids is 1. The molecule has 128 valence electrons. The minimum Gasteiger partial charge on any atom is -0.489 e. The molecule has 0 fully saturated rings. The molecule has 0 saturated carbocycles. The number of nitrogens with one attached hydrogen (secondary N) is 1. The van der Waals surface area contributed by atoms with E-state index in [1.54, 1.807) is 41.5 Å². The maximum absolute atomic E-state index is 11.1. The lowest BCUT2D eigenvalue weighted by molar-refractivity contribution is -0.139. The molecule has 1 unspecified atom stereocenters. The van der Waals surface area contributed by atoms with Gasteiger partial charge in [0.25, 0.3) is 0 Å². The molecule has 2 rings (SSSR count). The molecule has 0 bridgehead atoms. The first-order valence-corrected chi connectivity index (χ1v) is 8.65. The van der Waals surface area contributed by atoms with Gasteiger partial charge in [-0.3, -0.25) is 4.79 Å². The van der Waals surface area contributed by atoms with Crippen molar-refractivity contribution in [2.75, 3.05) is 0 Å². The highest BCUT2D eigenvalue weighted by Gasteiger charge is 2.25. The van der Waals surface area contributed by atoms with Gasteiger partial charge in [0.05, 0.1) is 1.37 Å². The number of carboxylic acid groups (broad SMARTS) is 1. The Kier molecular flexibility index (Phi) is 5.61. The minimum atomic E-state index is -4.66. The zero-order valence-electron chi connectivity index (χ0n) is 13.6. The largest absolute Gasteiger partial charge is 0.489 e. The Bertz CT molecular complexity index is 749. The van der Waals surface area contributed by atoms with Gasteiger partial charge in [0, 0.05) is 0 Å². The molecule has 0 aliphatic heterocycles. The summed E-state index contributed by atoms with van der Waals surface area (Å²) in [6.07, 6.45) is -0.107. The maximum atomic E-state index is 11.1. The van der Waals surface area contributed by atoms with E-state index >= 15 is 0 Å². The van der Waals surface area contributed by atoms with E-state index in [1.165, 1.54) is 0 Å². The standard InChI is InChI=1S/C16H18NO6P/c18-16(19)15(17-24(20,21)22)10-12-6-8-14(9-7-12)23-11-13-4-2-1-3-5-13/h1-9,15H,10-11H2,(H,18,19)(H3,17,20,21,22)/t15-/m0/s1/i11D/t11?,15-. The fourth-order valence-corrected chi connectivity index (χ4v) is 2.61. The van der Waals surface area contributed by atoms with E-state index in [0.717, 1.165) is 0 Å². The second-order valence-corrected chi connectivity index (χ2v) is 6.40. The Labute approximate surface area is 140 Å². The number of hydrogen-bond acceptors (Lipinski definition) is 3. The van der Waals surface area contributed by atoms with Gasteiger partial charge in [-0.15, -0.1) is 0 Å². The lowest BCUT2D eigenvalue weighted by Gasteiger charge is -2.15. The normalized spacial score (nSPS) is 14.5. The molecule has 0 aliphatic rings. The van der Waals surface area contributed by atoms with Crippen LogP contribution in [0.5, 0.6) is 5.75 Å². The third-order valence-corrected chi connectivity index (χ3v) is 3.76. The van der Waals surface area contributed by atoms with Crippen LogP contribution in [0.3, 0.4) is 0 Å². The predicted octanol–water partition coefficient (Wildman–Crippen LogP) is 1.94. The summed E-state index contributed by atoms with van der Waals surface area (Å²) in [4.78, 5) is 28.8. The number of rotatable bonds is 8. The smallest absolute Gasteiger partial charge is 0.401 e. The summed E-state index contributed by atoms with van der Waals surface area (Å²) < 4.78 is 24.4. The van der Waals surface area contributed by atoms with Crippen molar-refractivity contribution in [2.45, 2.75) is 19.0 Å². The number of benzene rings is 2. The number of aliphatic carboxylic acids is 1. The molecule has 2 atom stereocenters. The molecule has 7 nitrogen and oxygen atoms in total. The Morgan fingerprint density at radius 1 is 1.12 bits per heavy atom. The summed E-state index contributed by atoms with van der Waals surface area (Å²) in [7, 11) is -4.66. The SMILES string of the molecule is [2H]C(Oc1ccc(C[C@H](NP(=O)(O)O)C(=O)O)cc1)c1ccccc1. The molecular weight excluding hydrogens is 333 g/mol. The van der Waals surface area contributed by atoms with E-state index < -0.39 is 26.3 Å². The van der Waals surface area contributed by atoms with Crippen LogP contribution >= 0.6 is 7.75 Å². The lowest BCUT2D eigenvalue weighted by Crippen LogP contribution is -2.36. The average molecular weight is 352 g/mol. The Hall–Kier alpha value is -2.18. The highest BCUT2D eigenvalue weighted by Crippen LogP contribution is 2.29. The molecule has 4 N–H and O–H groups in total. The van der Waals surface area contributed by atoms with Crippen LogP contribution in [-0.4, -0.2) is 26.9 Å². The average Bonchev–Trinajstić information content (AvgIpc) is 2.55. The van der Waals surface area contributed by atoms with E-state index in [9.17, 15) is 9.36 Å². The highest BCUT2D eigenvalue weighted by molar-refractivity contribution is 7.49. The van der Waals surface area contributed by atoms with Gasteiger partial charge >= 0.3 is 13.7 Å². The van der Waals surface area contributed by atoms with Crippen molar-refractivity contribution in [1.29, 1.82) is 0 Å². The predicted molar refractivity (Wildman–Crippen MR) is 87.5 cm³/mol. The van der Waals surface area contributed by atoms with Gasteiger partial charge < -0.3 is 19.6 Å². The van der Waals surface area contributed by atoms with Crippen LogP contribution in [-0.2, 0) is 22.4 Å². The number of carbonyl (C=O) groups is 1. The van der Waals surface area contributed by atoms with Crippen LogP contribution in [0, 0.1) is 0 Å². The molecule has 0 amide bonds. The summed E-state index contributed by atoms with van der Waals surface area (Å²) in [5.41, 5.74) is 1.25. The van der Waals surface area contributed by atoms with Crippen LogP contribution in [0.2, 0.25) is 0 Å². The molecule has 2 aromatic rings. The van der Waals surface area contributed by atoms with E-state index in [4.69, 9.17) is 21.0 Å². The zero-order chi connectivity index (χ0) is 18.4. The summed E-state index contributed by atoms with van der Waals surface area (Å²) >= 11 is 0. The van der Waals surface area contributed by atoms with E-state index in [0.29, 0.717) is 16.9 Å². The van der Waals surface area contributed by atoms with Crippen molar-refractivity contribution < 1.29 is 30.4 Å². The van der Waals surface area contributed by atoms with Crippen molar-refractivity contribution in [3.8, 4) is 5.75 Å². The van der Waals surface area contributed by atoms with Crippen LogP contribution in [0.1, 0.15) is 12.5 Å². The van der Waals surface area contributed by atoms with Crippen LogP contribution in [0.4, 0.5) is 0 Å². The quantitative estimate of drug-likeness (QED) is 0.537. The molecule has 0 aliphatic carbocycles. The van der Waals surface area contributed by atoms with E-state index in [2.05, 4.69) is 0 Å². The summed E-state index contributed by atoms with van der Waals surface area (Å²) in [6, 6.07) is 13.9. The maximum Gasteiger partial charge on any atom is 0.401 e. The highest BCUT2D eigenvalue weighted by atomic mass is 31.2. The topological polar surface area (TPSA) is 116 Å². The first-order valence-electron chi connectivity index (χ1n) is 7.61. The number of hydrogen-bond donors (Lipinski definition) is 4. The summed E-state index contributed by atoms with van der Waals surface area (Å²) in [5.74, 6) is -0.929. The molecule has 24 heavy (non-hydrogen) atoms. The molecule has 8 heteroatoms. The fraction of sp³-hybridized carbons (Fsp3) is 0.188. The first kappa shape index (κ1) is 16.7. The van der Waals surface area contributed by atoms with Crippen molar-refractivity contribution in [3.63, 3.8) is 0 Å². The van der Waals surface area contributed by atoms with Crippen LogP contribution in [0.15, 0.2) is 54.6 Å².